The molecule has 1 atom stereocenters. The Labute approximate surface area is 149 Å². The van der Waals surface area contributed by atoms with Gasteiger partial charge in [0.15, 0.2) is 4.34 Å². The summed E-state index contributed by atoms with van der Waals surface area (Å²) in [5, 5.41) is 14.5. The molecule has 1 aromatic heterocycles. The lowest BCUT2D eigenvalue weighted by molar-refractivity contribution is -0.115. The Morgan fingerprint density at radius 1 is 1.50 bits per heavy atom. The molecule has 2 rings (SSSR count). The number of aromatic nitrogens is 2. The van der Waals surface area contributed by atoms with Crippen LogP contribution in [0.3, 0.4) is 0 Å². The second-order valence-electron chi connectivity index (χ2n) is 5.00. The third-order valence-electron chi connectivity index (χ3n) is 3.06. The summed E-state index contributed by atoms with van der Waals surface area (Å²) in [4.78, 5) is 12.4. The maximum atomic E-state index is 12.4. The molecule has 2 N–H and O–H groups in total. The van der Waals surface area contributed by atoms with Crippen molar-refractivity contribution in [1.29, 1.82) is 0 Å². The summed E-state index contributed by atoms with van der Waals surface area (Å²) in [5.41, 5.74) is 1.72. The highest BCUT2D eigenvalue weighted by Crippen LogP contribution is 2.31. The molecule has 1 heterocycles. The van der Waals surface area contributed by atoms with E-state index in [9.17, 15) is 4.79 Å². The van der Waals surface area contributed by atoms with E-state index in [1.807, 2.05) is 32.0 Å². The van der Waals surface area contributed by atoms with Gasteiger partial charge in [0.1, 0.15) is 5.75 Å². The predicted molar refractivity (Wildman–Crippen MR) is 100 cm³/mol. The molecule has 1 aromatic carbocycles. The van der Waals surface area contributed by atoms with E-state index in [1.54, 1.807) is 13.2 Å². The zero-order valence-electron chi connectivity index (χ0n) is 13.8. The topological polar surface area (TPSA) is 76.1 Å². The first-order valence-corrected chi connectivity index (χ1v) is 9.03. The van der Waals surface area contributed by atoms with Gasteiger partial charge in [-0.2, -0.15) is 0 Å². The van der Waals surface area contributed by atoms with Gasteiger partial charge < -0.3 is 15.4 Å². The first kappa shape index (κ1) is 18.3. The molecule has 0 aliphatic carbocycles. The molecule has 0 radical (unpaired) electrons. The fraction of sp³-hybridized carbons (Fsp3) is 0.312. The molecule has 0 saturated heterocycles. The Bertz CT molecular complexity index is 718. The number of amides is 1. The van der Waals surface area contributed by atoms with Crippen LogP contribution in [0.25, 0.3) is 0 Å². The third-order valence-corrected chi connectivity index (χ3v) is 5.13. The minimum atomic E-state index is -0.310. The molecule has 0 bridgehead atoms. The van der Waals surface area contributed by atoms with E-state index in [0.717, 1.165) is 9.90 Å². The molecule has 0 saturated carbocycles. The van der Waals surface area contributed by atoms with Crippen molar-refractivity contribution in [3.63, 3.8) is 0 Å². The lowest BCUT2D eigenvalue weighted by Gasteiger charge is -2.13. The number of carbonyl (C=O) groups excluding carboxylic acids is 1. The van der Waals surface area contributed by atoms with Crippen LogP contribution in [0.15, 0.2) is 35.2 Å². The van der Waals surface area contributed by atoms with Crippen molar-refractivity contribution < 1.29 is 9.53 Å². The first-order chi connectivity index (χ1) is 11.5. The standard InChI is InChI=1S/C16H20N4O2S2/c1-5-8-17-15-19-20-16(24-15)23-11(3)14(21)18-12-9-10(2)6-7-13(12)22-4/h5-7,9,11H,1,8H2,2-4H3,(H,17,19)(H,18,21)/t11-/m1/s1. The van der Waals surface area contributed by atoms with Crippen LogP contribution in [0.4, 0.5) is 10.8 Å². The van der Waals surface area contributed by atoms with Crippen LogP contribution < -0.4 is 15.4 Å². The normalized spacial score (nSPS) is 11.6. The number of nitrogens with one attached hydrogen (secondary N) is 2. The Kier molecular flexibility index (Phi) is 6.62. The van der Waals surface area contributed by atoms with Crippen molar-refractivity contribution in [1.82, 2.24) is 10.2 Å². The molecule has 1 amide bonds. The van der Waals surface area contributed by atoms with Crippen molar-refractivity contribution in [3.8, 4) is 5.75 Å². The van der Waals surface area contributed by atoms with Crippen LogP contribution in [0, 0.1) is 6.92 Å². The summed E-state index contributed by atoms with van der Waals surface area (Å²) in [5.74, 6) is 0.526. The van der Waals surface area contributed by atoms with Gasteiger partial charge >= 0.3 is 0 Å². The Balaban J connectivity index is 1.98. The van der Waals surface area contributed by atoms with Gasteiger partial charge in [-0.05, 0) is 31.5 Å². The first-order valence-electron chi connectivity index (χ1n) is 7.34. The lowest BCUT2D eigenvalue weighted by atomic mass is 10.2. The zero-order valence-corrected chi connectivity index (χ0v) is 15.5. The highest BCUT2D eigenvalue weighted by molar-refractivity contribution is 8.02. The number of ether oxygens (including phenoxy) is 1. The van der Waals surface area contributed by atoms with Gasteiger partial charge in [0, 0.05) is 6.54 Å². The molecule has 6 nitrogen and oxygen atoms in total. The van der Waals surface area contributed by atoms with E-state index in [2.05, 4.69) is 27.4 Å². The Morgan fingerprint density at radius 2 is 2.29 bits per heavy atom. The van der Waals surface area contributed by atoms with Crippen molar-refractivity contribution in [2.75, 3.05) is 24.3 Å². The van der Waals surface area contributed by atoms with Gasteiger partial charge in [0.2, 0.25) is 11.0 Å². The van der Waals surface area contributed by atoms with E-state index in [-0.39, 0.29) is 11.2 Å². The van der Waals surface area contributed by atoms with Gasteiger partial charge in [-0.15, -0.1) is 16.8 Å². The van der Waals surface area contributed by atoms with E-state index in [4.69, 9.17) is 4.74 Å². The van der Waals surface area contributed by atoms with Crippen LogP contribution >= 0.6 is 23.1 Å². The number of rotatable bonds is 8. The summed E-state index contributed by atoms with van der Waals surface area (Å²) in [6.07, 6.45) is 1.75. The number of carbonyl (C=O) groups is 1. The third kappa shape index (κ3) is 4.97. The number of thioether (sulfide) groups is 1. The molecular weight excluding hydrogens is 344 g/mol. The van der Waals surface area contributed by atoms with Crippen molar-refractivity contribution >= 4 is 39.8 Å². The molecule has 8 heteroatoms. The molecule has 128 valence electrons. The Morgan fingerprint density at radius 3 is 3.00 bits per heavy atom. The van der Waals surface area contributed by atoms with Crippen LogP contribution in [0.1, 0.15) is 12.5 Å². The smallest absolute Gasteiger partial charge is 0.237 e. The molecule has 2 aromatic rings. The molecular formula is C16H20N4O2S2. The number of aryl methyl sites for hydroxylation is 1. The van der Waals surface area contributed by atoms with Crippen LogP contribution in [0.5, 0.6) is 5.75 Å². The minimum Gasteiger partial charge on any atom is -0.495 e. The van der Waals surface area contributed by atoms with Gasteiger partial charge in [-0.3, -0.25) is 4.79 Å². The maximum Gasteiger partial charge on any atom is 0.237 e. The van der Waals surface area contributed by atoms with E-state index in [1.165, 1.54) is 23.1 Å². The highest BCUT2D eigenvalue weighted by atomic mass is 32.2. The largest absolute Gasteiger partial charge is 0.495 e. The number of anilines is 2. The fourth-order valence-corrected chi connectivity index (χ4v) is 3.75. The van der Waals surface area contributed by atoms with Gasteiger partial charge in [-0.1, -0.05) is 35.2 Å². The minimum absolute atomic E-state index is 0.111. The lowest BCUT2D eigenvalue weighted by Crippen LogP contribution is -2.22. The van der Waals surface area contributed by atoms with Crippen LogP contribution in [-0.2, 0) is 4.79 Å². The maximum absolute atomic E-state index is 12.4. The molecule has 0 spiro atoms. The zero-order chi connectivity index (χ0) is 17.5. The predicted octanol–water partition coefficient (Wildman–Crippen LogP) is 3.57. The number of hydrogen-bond acceptors (Lipinski definition) is 7. The molecule has 0 fully saturated rings. The van der Waals surface area contributed by atoms with Crippen LogP contribution in [-0.4, -0.2) is 35.0 Å². The van der Waals surface area contributed by atoms with Crippen molar-refractivity contribution in [2.45, 2.75) is 23.4 Å². The van der Waals surface area contributed by atoms with Gasteiger partial charge in [-0.25, -0.2) is 0 Å². The van der Waals surface area contributed by atoms with Gasteiger partial charge in [0.05, 0.1) is 18.0 Å². The fourth-order valence-electron chi connectivity index (χ4n) is 1.85. The van der Waals surface area contributed by atoms with E-state index < -0.39 is 0 Å². The number of nitrogens with zero attached hydrogens (tertiary/aromatic N) is 2. The number of methoxy groups -OCH3 is 1. The summed E-state index contributed by atoms with van der Waals surface area (Å²) >= 11 is 2.78. The summed E-state index contributed by atoms with van der Waals surface area (Å²) < 4.78 is 6.02. The average molecular weight is 364 g/mol. The SMILES string of the molecule is C=CCNc1nnc(S[C@H](C)C(=O)Nc2cc(C)ccc2OC)s1. The van der Waals surface area contributed by atoms with Crippen LogP contribution in [0.2, 0.25) is 0 Å². The Hall–Kier alpha value is -2.06. The summed E-state index contributed by atoms with van der Waals surface area (Å²) in [6.45, 7) is 8.07. The second-order valence-corrected chi connectivity index (χ2v) is 7.56. The van der Waals surface area contributed by atoms with Crippen molar-refractivity contribution in [2.24, 2.45) is 0 Å². The highest BCUT2D eigenvalue weighted by Gasteiger charge is 2.18. The number of hydrogen-bond donors (Lipinski definition) is 2. The molecule has 0 aliphatic rings. The van der Waals surface area contributed by atoms with E-state index in [0.29, 0.717) is 23.1 Å². The quantitative estimate of drug-likeness (QED) is 0.551. The van der Waals surface area contributed by atoms with Crippen molar-refractivity contribution in [3.05, 3.63) is 36.4 Å². The molecule has 24 heavy (non-hydrogen) atoms. The monoisotopic (exact) mass is 364 g/mol. The summed E-state index contributed by atoms with van der Waals surface area (Å²) in [7, 11) is 1.58. The van der Waals surface area contributed by atoms with Gasteiger partial charge in [0.25, 0.3) is 0 Å². The second kappa shape index (κ2) is 8.70. The summed E-state index contributed by atoms with van der Waals surface area (Å²) in [6, 6.07) is 5.66. The molecule has 0 unspecified atom stereocenters. The molecule has 0 aliphatic heterocycles. The number of benzene rings is 1. The average Bonchev–Trinajstić information content (AvgIpc) is 3.00. The van der Waals surface area contributed by atoms with E-state index >= 15 is 0 Å².